The molecule has 3 aromatic rings. The number of anilines is 1. The number of hydrogen-bond acceptors (Lipinski definition) is 5. The van der Waals surface area contributed by atoms with E-state index < -0.39 is 6.04 Å². The molecule has 2 saturated carbocycles. The van der Waals surface area contributed by atoms with E-state index in [1.54, 1.807) is 17.0 Å². The number of halogens is 2. The highest BCUT2D eigenvalue weighted by Gasteiger charge is 2.41. The van der Waals surface area contributed by atoms with Gasteiger partial charge in [-0.2, -0.15) is 0 Å². The van der Waals surface area contributed by atoms with Gasteiger partial charge < -0.3 is 20.3 Å². The molecule has 10 heteroatoms. The van der Waals surface area contributed by atoms with Crippen LogP contribution in [0, 0.1) is 0 Å². The lowest BCUT2D eigenvalue weighted by Crippen LogP contribution is -2.61. The second-order valence-corrected chi connectivity index (χ2v) is 13.0. The molecule has 1 aliphatic heterocycles. The highest BCUT2D eigenvalue weighted by atomic mass is 35.5. The first kappa shape index (κ1) is 31.4. The molecule has 1 saturated heterocycles. The molecular formula is C35H38Cl2N4O4. The van der Waals surface area contributed by atoms with Crippen LogP contribution in [0.2, 0.25) is 10.0 Å². The molecule has 3 aliphatic rings. The number of amides is 3. The molecular weight excluding hydrogens is 611 g/mol. The molecule has 0 aromatic heterocycles. The zero-order valence-corrected chi connectivity index (χ0v) is 26.7. The molecule has 1 heterocycles. The zero-order chi connectivity index (χ0) is 31.3. The predicted octanol–water partition coefficient (Wildman–Crippen LogP) is 5.32. The lowest BCUT2D eigenvalue weighted by atomic mass is 10.0. The van der Waals surface area contributed by atoms with E-state index in [2.05, 4.69) is 10.6 Å². The Bertz CT molecular complexity index is 1540. The van der Waals surface area contributed by atoms with Crippen molar-refractivity contribution in [3.05, 3.63) is 93.5 Å². The maximum atomic E-state index is 14.2. The average Bonchev–Trinajstić information content (AvgIpc) is 3.96. The van der Waals surface area contributed by atoms with Crippen LogP contribution >= 0.6 is 23.2 Å². The highest BCUT2D eigenvalue weighted by Crippen LogP contribution is 2.33. The highest BCUT2D eigenvalue weighted by molar-refractivity contribution is 6.31. The van der Waals surface area contributed by atoms with E-state index in [1.807, 2.05) is 59.5 Å². The van der Waals surface area contributed by atoms with E-state index in [0.717, 1.165) is 61.0 Å². The van der Waals surface area contributed by atoms with E-state index >= 15 is 0 Å². The minimum absolute atomic E-state index is 0.000213. The van der Waals surface area contributed by atoms with Crippen molar-refractivity contribution in [3.8, 4) is 5.75 Å². The summed E-state index contributed by atoms with van der Waals surface area (Å²) >= 11 is 12.6. The standard InChI is InChI=1S/C35H38Cl2N4O4/c36-26-4-1-5-30(19-26)45-16-2-3-23-6-11-29(12-7-23)41-32(20-38-21-34(41)43)35(44)40(28-13-14-28)22-25-17-24(8-15-31(25)37)18-33(42)39-27-9-10-27/h1,4-8,11-12,15,17,19,27-28,32,38H,2-3,9-10,13-14,16,18,20-22H2,(H,39,42)/t32-/m1/s1. The molecule has 2 N–H and O–H groups in total. The van der Waals surface area contributed by atoms with Gasteiger partial charge in [0, 0.05) is 40.9 Å². The molecule has 3 amide bonds. The van der Waals surface area contributed by atoms with Crippen LogP contribution in [0.25, 0.3) is 0 Å². The molecule has 8 nitrogen and oxygen atoms in total. The molecule has 1 atom stereocenters. The summed E-state index contributed by atoms with van der Waals surface area (Å²) in [5.74, 6) is 0.505. The fraction of sp³-hybridized carbons (Fsp3) is 0.400. The first-order valence-corrected chi connectivity index (χ1v) is 16.5. The molecule has 236 valence electrons. The normalized spacial score (nSPS) is 18.0. The van der Waals surface area contributed by atoms with Crippen LogP contribution < -0.4 is 20.3 Å². The molecule has 0 bridgehead atoms. The van der Waals surface area contributed by atoms with Crippen LogP contribution in [-0.4, -0.2) is 60.4 Å². The SMILES string of the molecule is O=C(Cc1ccc(Cl)c(CN(C(=O)[C@H]2CNCC(=O)N2c2ccc(CCCOc3cccc(Cl)c3)cc2)C2CC2)c1)NC1CC1. The second-order valence-electron chi connectivity index (χ2n) is 12.1. The van der Waals surface area contributed by atoms with E-state index in [4.69, 9.17) is 27.9 Å². The largest absolute Gasteiger partial charge is 0.494 e. The predicted molar refractivity (Wildman–Crippen MR) is 176 cm³/mol. The first-order chi connectivity index (χ1) is 21.8. The number of aryl methyl sites for hydroxylation is 1. The van der Waals surface area contributed by atoms with Crippen LogP contribution in [0.4, 0.5) is 5.69 Å². The topological polar surface area (TPSA) is 91.0 Å². The number of ether oxygens (including phenoxy) is 1. The van der Waals surface area contributed by atoms with Gasteiger partial charge in [-0.1, -0.05) is 53.5 Å². The fourth-order valence-electron chi connectivity index (χ4n) is 5.73. The number of hydrogen-bond donors (Lipinski definition) is 2. The van der Waals surface area contributed by atoms with Gasteiger partial charge in [-0.25, -0.2) is 0 Å². The van der Waals surface area contributed by atoms with Gasteiger partial charge in [0.2, 0.25) is 17.7 Å². The van der Waals surface area contributed by atoms with E-state index in [9.17, 15) is 14.4 Å². The van der Waals surface area contributed by atoms with Crippen molar-refractivity contribution in [1.82, 2.24) is 15.5 Å². The van der Waals surface area contributed by atoms with Crippen molar-refractivity contribution in [1.29, 1.82) is 0 Å². The van der Waals surface area contributed by atoms with Crippen LogP contribution in [0.1, 0.15) is 48.8 Å². The summed E-state index contributed by atoms with van der Waals surface area (Å²) < 4.78 is 5.81. The number of rotatable bonds is 13. The maximum absolute atomic E-state index is 14.2. The average molecular weight is 650 g/mol. The number of carbonyl (C=O) groups excluding carboxylic acids is 3. The van der Waals surface area contributed by atoms with Gasteiger partial charge in [-0.15, -0.1) is 0 Å². The summed E-state index contributed by atoms with van der Waals surface area (Å²) in [6.07, 6.45) is 5.82. The third-order valence-corrected chi connectivity index (χ3v) is 9.00. The Morgan fingerprint density at radius 3 is 2.49 bits per heavy atom. The molecule has 3 aromatic carbocycles. The summed E-state index contributed by atoms with van der Waals surface area (Å²) in [7, 11) is 0. The lowest BCUT2D eigenvalue weighted by Gasteiger charge is -2.38. The Hall–Kier alpha value is -3.59. The summed E-state index contributed by atoms with van der Waals surface area (Å²) in [5.41, 5.74) is 3.50. The summed E-state index contributed by atoms with van der Waals surface area (Å²) in [6.45, 7) is 1.43. The molecule has 0 radical (unpaired) electrons. The van der Waals surface area contributed by atoms with Gasteiger partial charge in [0.05, 0.1) is 19.6 Å². The molecule has 6 rings (SSSR count). The van der Waals surface area contributed by atoms with Crippen molar-refractivity contribution in [3.63, 3.8) is 0 Å². The van der Waals surface area contributed by atoms with Gasteiger partial charge >= 0.3 is 0 Å². The van der Waals surface area contributed by atoms with Gasteiger partial charge in [-0.3, -0.25) is 19.3 Å². The van der Waals surface area contributed by atoms with E-state index in [1.165, 1.54) is 0 Å². The molecule has 2 aliphatic carbocycles. The van der Waals surface area contributed by atoms with Crippen LogP contribution in [0.3, 0.4) is 0 Å². The van der Waals surface area contributed by atoms with Crippen LogP contribution in [0.5, 0.6) is 5.75 Å². The van der Waals surface area contributed by atoms with Crippen LogP contribution in [-0.2, 0) is 33.8 Å². The van der Waals surface area contributed by atoms with E-state index in [-0.39, 0.29) is 36.7 Å². The third kappa shape index (κ3) is 8.37. The van der Waals surface area contributed by atoms with Crippen molar-refractivity contribution in [2.45, 2.75) is 69.6 Å². The van der Waals surface area contributed by atoms with Gasteiger partial charge in [-0.05, 0) is 91.6 Å². The molecule has 0 unspecified atom stereocenters. The molecule has 45 heavy (non-hydrogen) atoms. The number of benzene rings is 3. The Balaban J connectivity index is 1.11. The van der Waals surface area contributed by atoms with Crippen LogP contribution in [0.15, 0.2) is 66.7 Å². The Morgan fingerprint density at radius 2 is 1.76 bits per heavy atom. The smallest absolute Gasteiger partial charge is 0.247 e. The number of nitrogens with zero attached hydrogens (tertiary/aromatic N) is 2. The van der Waals surface area contributed by atoms with E-state index in [0.29, 0.717) is 41.5 Å². The summed E-state index contributed by atoms with van der Waals surface area (Å²) in [4.78, 5) is 43.3. The summed E-state index contributed by atoms with van der Waals surface area (Å²) in [6, 6.07) is 20.5. The van der Waals surface area contributed by atoms with Crippen molar-refractivity contribution < 1.29 is 19.1 Å². The molecule has 3 fully saturated rings. The third-order valence-electron chi connectivity index (χ3n) is 8.40. The van der Waals surface area contributed by atoms with Gasteiger partial charge in [0.1, 0.15) is 11.8 Å². The van der Waals surface area contributed by atoms with Gasteiger partial charge in [0.15, 0.2) is 0 Å². The number of piperazine rings is 1. The quantitative estimate of drug-likeness (QED) is 0.245. The lowest BCUT2D eigenvalue weighted by molar-refractivity contribution is -0.136. The Morgan fingerprint density at radius 1 is 0.978 bits per heavy atom. The Labute approximate surface area is 274 Å². The maximum Gasteiger partial charge on any atom is 0.247 e. The minimum atomic E-state index is -0.671. The number of carbonyl (C=O) groups is 3. The first-order valence-electron chi connectivity index (χ1n) is 15.7. The Kier molecular flexibility index (Phi) is 9.93. The zero-order valence-electron chi connectivity index (χ0n) is 25.1. The van der Waals surface area contributed by atoms with Crippen molar-refractivity contribution in [2.24, 2.45) is 0 Å². The summed E-state index contributed by atoms with van der Waals surface area (Å²) in [5, 5.41) is 7.36. The fourth-order valence-corrected chi connectivity index (χ4v) is 6.09. The monoisotopic (exact) mass is 648 g/mol. The van der Waals surface area contributed by atoms with Crippen molar-refractivity contribution in [2.75, 3.05) is 24.6 Å². The van der Waals surface area contributed by atoms with Gasteiger partial charge in [0.25, 0.3) is 0 Å². The minimum Gasteiger partial charge on any atom is -0.494 e. The number of nitrogens with one attached hydrogen (secondary N) is 2. The molecule has 0 spiro atoms. The second kappa shape index (κ2) is 14.2. The van der Waals surface area contributed by atoms with Crippen molar-refractivity contribution >= 4 is 46.6 Å².